The third-order valence-electron chi connectivity index (χ3n) is 9.28. The van der Waals surface area contributed by atoms with Crippen molar-refractivity contribution in [2.75, 3.05) is 37.6 Å². The Balaban J connectivity index is 1.16. The van der Waals surface area contributed by atoms with Crippen LogP contribution in [-0.4, -0.2) is 85.3 Å². The van der Waals surface area contributed by atoms with Crippen LogP contribution in [0.2, 0.25) is 0 Å². The summed E-state index contributed by atoms with van der Waals surface area (Å²) in [5.74, 6) is 0.0335. The van der Waals surface area contributed by atoms with E-state index < -0.39 is 5.25 Å². The van der Waals surface area contributed by atoms with Gasteiger partial charge in [0, 0.05) is 62.6 Å². The molecule has 10 nitrogen and oxygen atoms in total. The van der Waals surface area contributed by atoms with Gasteiger partial charge in [-0.15, -0.1) is 11.8 Å². The van der Waals surface area contributed by atoms with E-state index in [-0.39, 0.29) is 46.9 Å². The number of H-pyrrole nitrogens is 1. The van der Waals surface area contributed by atoms with Crippen molar-refractivity contribution in [1.29, 1.82) is 0 Å². The molecule has 0 spiro atoms. The van der Waals surface area contributed by atoms with Crippen molar-refractivity contribution in [1.82, 2.24) is 24.3 Å². The van der Waals surface area contributed by atoms with Gasteiger partial charge < -0.3 is 19.8 Å². The summed E-state index contributed by atoms with van der Waals surface area (Å²) in [5, 5.41) is 9.47. The second kappa shape index (κ2) is 12.6. The van der Waals surface area contributed by atoms with Gasteiger partial charge in [-0.25, -0.2) is 9.78 Å². The van der Waals surface area contributed by atoms with Gasteiger partial charge in [-0.1, -0.05) is 39.0 Å². The molecule has 5 heterocycles. The zero-order chi connectivity index (χ0) is 31.0. The number of nitrogens with zero attached hydrogens (tertiary/aromatic N) is 5. The Kier molecular flexibility index (Phi) is 8.79. The molecule has 1 aromatic carbocycles. The molecule has 2 N–H and O–H groups in total. The van der Waals surface area contributed by atoms with Crippen LogP contribution in [0.15, 0.2) is 47.4 Å². The van der Waals surface area contributed by atoms with Gasteiger partial charge in [-0.3, -0.25) is 19.1 Å². The van der Waals surface area contributed by atoms with Crippen molar-refractivity contribution in [3.05, 3.63) is 58.6 Å². The number of carbonyl (C=O) groups excluding carboxylic acids is 2. The molecule has 3 fully saturated rings. The minimum Gasteiger partial charge on any atom is -0.393 e. The number of rotatable bonds is 7. The summed E-state index contributed by atoms with van der Waals surface area (Å²) in [5.41, 5.74) is 3.49. The predicted molar refractivity (Wildman–Crippen MR) is 174 cm³/mol. The molecule has 3 aliphatic heterocycles. The number of pyridine rings is 1. The minimum atomic E-state index is -0.441. The summed E-state index contributed by atoms with van der Waals surface area (Å²) >= 11 is 1.60. The predicted octanol–water partition coefficient (Wildman–Crippen LogP) is 4.32. The molecule has 3 aromatic rings. The highest BCUT2D eigenvalue weighted by atomic mass is 32.2. The molecular formula is C33H44N6O4S. The number of imidazole rings is 1. The molecule has 11 heteroatoms. The molecule has 236 valence electrons. The van der Waals surface area contributed by atoms with Crippen LogP contribution in [0, 0.1) is 5.41 Å². The first-order valence-corrected chi connectivity index (χ1v) is 16.8. The molecule has 0 saturated carbocycles. The fraction of sp³-hybridized carbons (Fsp3) is 0.576. The summed E-state index contributed by atoms with van der Waals surface area (Å²) < 4.78 is 1.78. The van der Waals surface area contributed by atoms with Crippen molar-refractivity contribution in [3.8, 4) is 0 Å². The quantitative estimate of drug-likeness (QED) is 0.405. The van der Waals surface area contributed by atoms with E-state index in [0.717, 1.165) is 49.1 Å². The number of anilines is 1. The number of para-hydroxylation sites is 1. The number of nitrogens with one attached hydrogen (secondary N) is 1. The van der Waals surface area contributed by atoms with Crippen molar-refractivity contribution in [2.24, 2.45) is 5.41 Å². The van der Waals surface area contributed by atoms with Crippen LogP contribution >= 0.6 is 11.8 Å². The fourth-order valence-corrected chi connectivity index (χ4v) is 8.22. The lowest BCUT2D eigenvalue weighted by atomic mass is 9.92. The molecule has 2 atom stereocenters. The van der Waals surface area contributed by atoms with Crippen molar-refractivity contribution < 1.29 is 14.7 Å². The number of piperidine rings is 2. The smallest absolute Gasteiger partial charge is 0.327 e. The first-order valence-electron chi connectivity index (χ1n) is 15.9. The zero-order valence-corrected chi connectivity index (χ0v) is 26.8. The van der Waals surface area contributed by atoms with E-state index in [1.165, 1.54) is 0 Å². The molecule has 0 aliphatic carbocycles. The summed E-state index contributed by atoms with van der Waals surface area (Å²) in [6.45, 7) is 9.87. The molecule has 2 amide bonds. The number of thioether (sulfide) groups is 1. The fourth-order valence-electron chi connectivity index (χ4n) is 6.72. The van der Waals surface area contributed by atoms with Crippen LogP contribution in [0.25, 0.3) is 11.2 Å². The van der Waals surface area contributed by atoms with Crippen LogP contribution in [-0.2, 0) is 9.59 Å². The lowest BCUT2D eigenvalue weighted by molar-refractivity contribution is -0.136. The molecule has 2 unspecified atom stereocenters. The number of carbonyl (C=O) groups is 2. The number of fused-ring (bicyclic) bond motifs is 1. The first kappa shape index (κ1) is 30.7. The topological polar surface area (TPSA) is 115 Å². The molecule has 0 radical (unpaired) electrons. The number of amides is 2. The normalized spacial score (nSPS) is 22.4. The van der Waals surface area contributed by atoms with Crippen molar-refractivity contribution >= 4 is 40.4 Å². The van der Waals surface area contributed by atoms with Gasteiger partial charge in [0.1, 0.15) is 5.37 Å². The second-order valence-electron chi connectivity index (χ2n) is 13.6. The maximum atomic E-state index is 14.0. The van der Waals surface area contributed by atoms with Crippen LogP contribution in [0.1, 0.15) is 76.3 Å². The standard InChI is InChI=1S/C33H44N6O4S/c1-33(2,3)14-20-38-30(42)27(44-31(38)24-7-4-5-8-25(24)36-18-12-23(40)13-19-36)21-28(41)37-16-10-22(11-17-37)39-26-9-6-15-34-29(26)35-32(39)43/h4-9,15,22-23,27,31,40H,10-14,16-21H2,1-3H3,(H,34,35,43). The third-order valence-corrected chi connectivity index (χ3v) is 10.7. The number of aromatic amines is 1. The molecule has 3 aliphatic rings. The molecule has 6 rings (SSSR count). The second-order valence-corrected chi connectivity index (χ2v) is 14.9. The Morgan fingerprint density at radius 3 is 2.48 bits per heavy atom. The molecule has 44 heavy (non-hydrogen) atoms. The van der Waals surface area contributed by atoms with E-state index in [4.69, 9.17) is 0 Å². The van der Waals surface area contributed by atoms with Crippen molar-refractivity contribution in [3.63, 3.8) is 0 Å². The number of hydrogen-bond donors (Lipinski definition) is 2. The lowest BCUT2D eigenvalue weighted by Gasteiger charge is -2.35. The Bertz CT molecular complexity index is 1550. The highest BCUT2D eigenvalue weighted by Gasteiger charge is 2.44. The molecule has 3 saturated heterocycles. The summed E-state index contributed by atoms with van der Waals surface area (Å²) in [6, 6.07) is 12.0. The Labute approximate surface area is 262 Å². The van der Waals surface area contributed by atoms with Crippen LogP contribution in [0.4, 0.5) is 5.69 Å². The highest BCUT2D eigenvalue weighted by molar-refractivity contribution is 8.01. The van der Waals surface area contributed by atoms with E-state index in [2.05, 4.69) is 47.8 Å². The lowest BCUT2D eigenvalue weighted by Crippen LogP contribution is -2.42. The van der Waals surface area contributed by atoms with Crippen LogP contribution in [0.3, 0.4) is 0 Å². The number of likely N-dealkylation sites (tertiary alicyclic amines) is 1. The highest BCUT2D eigenvalue weighted by Crippen LogP contribution is 2.48. The van der Waals surface area contributed by atoms with E-state index >= 15 is 0 Å². The molecule has 2 aromatic heterocycles. The van der Waals surface area contributed by atoms with E-state index in [1.54, 1.807) is 22.5 Å². The van der Waals surface area contributed by atoms with Gasteiger partial charge in [-0.2, -0.15) is 0 Å². The maximum absolute atomic E-state index is 14.0. The Morgan fingerprint density at radius 1 is 1.02 bits per heavy atom. The largest absolute Gasteiger partial charge is 0.393 e. The van der Waals surface area contributed by atoms with Gasteiger partial charge in [0.15, 0.2) is 5.65 Å². The van der Waals surface area contributed by atoms with E-state index in [1.807, 2.05) is 34.1 Å². The minimum absolute atomic E-state index is 0.00281. The number of aromatic nitrogens is 3. The number of hydrogen-bond acceptors (Lipinski definition) is 7. The van der Waals surface area contributed by atoms with Gasteiger partial charge in [0.05, 0.1) is 16.9 Å². The molecule has 0 bridgehead atoms. The number of benzene rings is 1. The first-order chi connectivity index (χ1) is 21.1. The van der Waals surface area contributed by atoms with E-state index in [9.17, 15) is 19.5 Å². The monoisotopic (exact) mass is 620 g/mol. The Hall–Kier alpha value is -3.31. The average molecular weight is 621 g/mol. The third kappa shape index (κ3) is 6.40. The maximum Gasteiger partial charge on any atom is 0.327 e. The summed E-state index contributed by atoms with van der Waals surface area (Å²) in [4.78, 5) is 53.5. The molecular weight excluding hydrogens is 576 g/mol. The van der Waals surface area contributed by atoms with Gasteiger partial charge >= 0.3 is 5.69 Å². The number of aliphatic hydroxyl groups excluding tert-OH is 1. The summed E-state index contributed by atoms with van der Waals surface area (Å²) in [6.07, 6.45) is 5.27. The number of aliphatic hydroxyl groups is 1. The average Bonchev–Trinajstić information content (AvgIpc) is 3.51. The summed E-state index contributed by atoms with van der Waals surface area (Å²) in [7, 11) is 0. The van der Waals surface area contributed by atoms with Crippen molar-refractivity contribution in [2.45, 2.75) is 82.1 Å². The zero-order valence-electron chi connectivity index (χ0n) is 25.9. The Morgan fingerprint density at radius 2 is 1.75 bits per heavy atom. The van der Waals surface area contributed by atoms with Crippen LogP contribution in [0.5, 0.6) is 0 Å². The van der Waals surface area contributed by atoms with Gasteiger partial charge in [0.2, 0.25) is 11.8 Å². The van der Waals surface area contributed by atoms with E-state index in [0.29, 0.717) is 38.1 Å². The SMILES string of the molecule is CC(C)(C)CCN1C(=O)C(CC(=O)N2CCC(n3c(=O)[nH]c4ncccc43)CC2)SC1c1ccccc1N1CCC(O)CC1. The van der Waals surface area contributed by atoms with Gasteiger partial charge in [0.25, 0.3) is 0 Å². The van der Waals surface area contributed by atoms with Crippen LogP contribution < -0.4 is 10.6 Å². The van der Waals surface area contributed by atoms with Gasteiger partial charge in [-0.05, 0) is 55.7 Å².